The molecule has 0 radical (unpaired) electrons. The Morgan fingerprint density at radius 3 is 2.39 bits per heavy atom. The number of carbonyl (C=O) groups is 2. The molecule has 3 N–H and O–H groups in total. The van der Waals surface area contributed by atoms with Crippen molar-refractivity contribution in [3.8, 4) is 0 Å². The second kappa shape index (κ2) is 6.53. The van der Waals surface area contributed by atoms with E-state index in [4.69, 9.17) is 9.90 Å². The summed E-state index contributed by atoms with van der Waals surface area (Å²) in [6.45, 7) is 0.936. The van der Waals surface area contributed by atoms with Gasteiger partial charge in [0.1, 0.15) is 5.82 Å². The van der Waals surface area contributed by atoms with E-state index < -0.39 is 12.1 Å². The molecule has 3 aliphatic rings. The molecule has 23 heavy (non-hydrogen) atoms. The van der Waals surface area contributed by atoms with Gasteiger partial charge in [-0.3, -0.25) is 4.79 Å². The number of amides is 1. The number of fused-ring (bicyclic) bond motifs is 1. The molecular weight excluding hydrogens is 320 g/mol. The lowest BCUT2D eigenvalue weighted by atomic mass is 9.73. The van der Waals surface area contributed by atoms with Crippen LogP contribution in [0.4, 0.5) is 23.2 Å². The molecular formula is C14H14F4N2O3. The van der Waals surface area contributed by atoms with Crippen molar-refractivity contribution in [3.63, 3.8) is 0 Å². The van der Waals surface area contributed by atoms with Crippen LogP contribution in [0, 0.1) is 17.7 Å². The average molecular weight is 334 g/mol. The number of carbonyl (C=O) groups excluding carboxylic acids is 1. The fraction of sp³-hybridized carbons (Fsp3) is 0.429. The number of benzene rings is 1. The summed E-state index contributed by atoms with van der Waals surface area (Å²) in [6.07, 6.45) is -3.98. The minimum Gasteiger partial charge on any atom is -0.475 e. The van der Waals surface area contributed by atoms with Gasteiger partial charge in [0.2, 0.25) is 5.91 Å². The van der Waals surface area contributed by atoms with Crippen molar-refractivity contribution in [2.24, 2.45) is 11.8 Å². The van der Waals surface area contributed by atoms with Crippen LogP contribution in [-0.2, 0) is 9.59 Å². The molecule has 2 saturated heterocycles. The van der Waals surface area contributed by atoms with Crippen molar-refractivity contribution in [2.45, 2.75) is 18.6 Å². The summed E-state index contributed by atoms with van der Waals surface area (Å²) in [6, 6.07) is 6.34. The number of aliphatic carboxylic acids is 1. The Bertz CT molecular complexity index is 592. The summed E-state index contributed by atoms with van der Waals surface area (Å²) >= 11 is 0. The Morgan fingerprint density at radius 2 is 1.96 bits per heavy atom. The summed E-state index contributed by atoms with van der Waals surface area (Å²) in [4.78, 5) is 20.8. The van der Waals surface area contributed by atoms with Gasteiger partial charge in [-0.1, -0.05) is 6.07 Å². The predicted molar refractivity (Wildman–Crippen MR) is 72.1 cm³/mol. The monoisotopic (exact) mass is 334 g/mol. The van der Waals surface area contributed by atoms with Gasteiger partial charge in [0.25, 0.3) is 0 Å². The SMILES string of the molecule is O=C(Nc1cccc(F)c1)C1C2CNC1C2.O=C(O)C(F)(F)F. The zero-order valence-electron chi connectivity index (χ0n) is 11.7. The van der Waals surface area contributed by atoms with E-state index in [2.05, 4.69) is 10.6 Å². The summed E-state index contributed by atoms with van der Waals surface area (Å²) < 4.78 is 44.7. The molecule has 0 spiro atoms. The largest absolute Gasteiger partial charge is 0.490 e. The molecule has 3 unspecified atom stereocenters. The maximum Gasteiger partial charge on any atom is 0.490 e. The van der Waals surface area contributed by atoms with Crippen molar-refractivity contribution < 1.29 is 32.3 Å². The van der Waals surface area contributed by atoms with Crippen molar-refractivity contribution in [3.05, 3.63) is 30.1 Å². The molecule has 1 amide bonds. The van der Waals surface area contributed by atoms with Crippen molar-refractivity contribution in [1.82, 2.24) is 5.32 Å². The summed E-state index contributed by atoms with van der Waals surface area (Å²) in [7, 11) is 0. The number of nitrogens with one attached hydrogen (secondary N) is 2. The predicted octanol–water partition coefficient (Wildman–Crippen LogP) is 2.01. The first-order chi connectivity index (χ1) is 10.7. The van der Waals surface area contributed by atoms with Crippen LogP contribution in [0.15, 0.2) is 24.3 Å². The van der Waals surface area contributed by atoms with E-state index in [0.29, 0.717) is 17.6 Å². The highest BCUT2D eigenvalue weighted by Gasteiger charge is 2.50. The lowest BCUT2D eigenvalue weighted by Crippen LogP contribution is -2.44. The van der Waals surface area contributed by atoms with Crippen LogP contribution in [-0.4, -0.2) is 35.7 Å². The molecule has 1 aromatic carbocycles. The second-order valence-corrected chi connectivity index (χ2v) is 5.34. The van der Waals surface area contributed by atoms with Crippen LogP contribution < -0.4 is 10.6 Å². The number of hydrogen-bond acceptors (Lipinski definition) is 3. The van der Waals surface area contributed by atoms with E-state index in [9.17, 15) is 22.4 Å². The van der Waals surface area contributed by atoms with Crippen molar-refractivity contribution in [2.75, 3.05) is 11.9 Å². The summed E-state index contributed by atoms with van der Waals surface area (Å²) in [5.41, 5.74) is 0.538. The third-order valence-electron chi connectivity index (χ3n) is 3.78. The second-order valence-electron chi connectivity index (χ2n) is 5.34. The molecule has 2 aliphatic heterocycles. The van der Waals surface area contributed by atoms with Gasteiger partial charge in [-0.2, -0.15) is 13.2 Å². The van der Waals surface area contributed by atoms with Gasteiger partial charge in [0.05, 0.1) is 5.92 Å². The first-order valence-corrected chi connectivity index (χ1v) is 6.78. The van der Waals surface area contributed by atoms with E-state index in [1.165, 1.54) is 12.1 Å². The third-order valence-corrected chi connectivity index (χ3v) is 3.78. The van der Waals surface area contributed by atoms with Crippen LogP contribution in [0.25, 0.3) is 0 Å². The van der Waals surface area contributed by atoms with Gasteiger partial charge in [0, 0.05) is 11.7 Å². The summed E-state index contributed by atoms with van der Waals surface area (Å²) in [5, 5.41) is 13.2. The van der Waals surface area contributed by atoms with Gasteiger partial charge < -0.3 is 15.7 Å². The number of anilines is 1. The van der Waals surface area contributed by atoms with E-state index in [1.807, 2.05) is 0 Å². The molecule has 1 saturated carbocycles. The number of carboxylic acid groups (broad SMARTS) is 1. The van der Waals surface area contributed by atoms with Crippen LogP contribution >= 0.6 is 0 Å². The quantitative estimate of drug-likeness (QED) is 0.723. The Kier molecular flexibility index (Phi) is 4.88. The first-order valence-electron chi connectivity index (χ1n) is 6.78. The molecule has 2 heterocycles. The smallest absolute Gasteiger partial charge is 0.475 e. The Hall–Kier alpha value is -2.16. The number of halogens is 4. The highest BCUT2D eigenvalue weighted by molar-refractivity contribution is 5.94. The van der Waals surface area contributed by atoms with Gasteiger partial charge in [-0.05, 0) is 37.1 Å². The molecule has 5 nitrogen and oxygen atoms in total. The number of carboxylic acids is 1. The molecule has 1 aromatic rings. The van der Waals surface area contributed by atoms with Gasteiger partial charge in [-0.15, -0.1) is 0 Å². The number of hydrogen-bond donors (Lipinski definition) is 3. The van der Waals surface area contributed by atoms with Gasteiger partial charge >= 0.3 is 12.1 Å². The summed E-state index contributed by atoms with van der Waals surface area (Å²) in [5.74, 6) is -2.53. The minimum absolute atomic E-state index is 0.0110. The van der Waals surface area contributed by atoms with E-state index in [0.717, 1.165) is 13.0 Å². The standard InChI is InChI=1S/C12H13FN2O.C2HF3O2/c13-8-2-1-3-9(5-8)15-12(16)11-7-4-10(11)14-6-7;3-2(4,5)1(6)7/h1-3,5,7,10-11,14H,4,6H2,(H,15,16);(H,6,7). The maximum atomic E-state index is 12.9. The lowest BCUT2D eigenvalue weighted by Gasteiger charge is -2.32. The van der Waals surface area contributed by atoms with Gasteiger partial charge in [0.15, 0.2) is 0 Å². The van der Waals surface area contributed by atoms with E-state index in [-0.39, 0.29) is 17.6 Å². The van der Waals surface area contributed by atoms with Crippen LogP contribution in [0.3, 0.4) is 0 Å². The molecule has 126 valence electrons. The van der Waals surface area contributed by atoms with Crippen molar-refractivity contribution >= 4 is 17.6 Å². The van der Waals surface area contributed by atoms with Crippen LogP contribution in [0.1, 0.15) is 6.42 Å². The fourth-order valence-corrected chi connectivity index (χ4v) is 2.66. The average Bonchev–Trinajstić information content (AvgIpc) is 3.01. The van der Waals surface area contributed by atoms with Crippen LogP contribution in [0.5, 0.6) is 0 Å². The zero-order chi connectivity index (χ0) is 17.2. The molecule has 3 fully saturated rings. The first kappa shape index (κ1) is 17.2. The third kappa shape index (κ3) is 4.19. The molecule has 9 heteroatoms. The van der Waals surface area contributed by atoms with Crippen LogP contribution in [0.2, 0.25) is 0 Å². The van der Waals surface area contributed by atoms with Gasteiger partial charge in [-0.25, -0.2) is 9.18 Å². The molecule has 0 aromatic heterocycles. The Labute approximate surface area is 128 Å². The highest BCUT2D eigenvalue weighted by Crippen LogP contribution is 2.40. The Morgan fingerprint density at radius 1 is 1.30 bits per heavy atom. The van der Waals surface area contributed by atoms with E-state index in [1.54, 1.807) is 12.1 Å². The zero-order valence-corrected chi connectivity index (χ0v) is 11.7. The molecule has 1 aliphatic carbocycles. The molecule has 3 atom stereocenters. The van der Waals surface area contributed by atoms with Crippen molar-refractivity contribution in [1.29, 1.82) is 0 Å². The molecule has 4 rings (SSSR count). The number of rotatable bonds is 2. The highest BCUT2D eigenvalue weighted by atomic mass is 19.4. The van der Waals surface area contributed by atoms with E-state index >= 15 is 0 Å². The maximum absolute atomic E-state index is 12.9. The lowest BCUT2D eigenvalue weighted by molar-refractivity contribution is -0.192. The normalized spacial score (nSPS) is 25.0. The fourth-order valence-electron chi connectivity index (χ4n) is 2.66. The minimum atomic E-state index is -5.08. The Balaban J connectivity index is 0.000000236. The number of alkyl halides is 3. The molecule has 2 bridgehead atoms. The topological polar surface area (TPSA) is 78.4 Å².